The number of rotatable bonds is 5. The summed E-state index contributed by atoms with van der Waals surface area (Å²) >= 11 is 0. The number of nitrogens with one attached hydrogen (secondary N) is 1. The summed E-state index contributed by atoms with van der Waals surface area (Å²) in [5.41, 5.74) is 2.61. The molecule has 5 nitrogen and oxygen atoms in total. The molecule has 2 amide bonds. The van der Waals surface area contributed by atoms with Gasteiger partial charge in [-0.3, -0.25) is 14.6 Å². The van der Waals surface area contributed by atoms with E-state index in [2.05, 4.69) is 10.3 Å². The van der Waals surface area contributed by atoms with Crippen LogP contribution in [0.4, 0.5) is 0 Å². The number of aromatic nitrogens is 1. The van der Waals surface area contributed by atoms with Crippen LogP contribution in [0.5, 0.6) is 0 Å². The summed E-state index contributed by atoms with van der Waals surface area (Å²) in [6, 6.07) is 12.7. The Balaban J connectivity index is 1.55. The molecule has 1 aliphatic heterocycles. The molecule has 5 heteroatoms. The monoisotopic (exact) mass is 309 g/mol. The van der Waals surface area contributed by atoms with Crippen molar-refractivity contribution in [3.05, 3.63) is 65.5 Å². The summed E-state index contributed by atoms with van der Waals surface area (Å²) in [6.45, 7) is 2.76. The summed E-state index contributed by atoms with van der Waals surface area (Å²) in [4.78, 5) is 30.5. The first-order chi connectivity index (χ1) is 11.2. The van der Waals surface area contributed by atoms with Gasteiger partial charge in [-0.25, -0.2) is 0 Å². The van der Waals surface area contributed by atoms with E-state index in [1.807, 2.05) is 42.5 Å². The van der Waals surface area contributed by atoms with E-state index in [0.29, 0.717) is 25.1 Å². The predicted octanol–water partition coefficient (Wildman–Crippen LogP) is 1.78. The maximum absolute atomic E-state index is 12.4. The molecular weight excluding hydrogens is 290 g/mol. The van der Waals surface area contributed by atoms with Crippen molar-refractivity contribution in [1.29, 1.82) is 0 Å². The van der Waals surface area contributed by atoms with Crippen LogP contribution in [0, 0.1) is 0 Å². The predicted molar refractivity (Wildman–Crippen MR) is 86.7 cm³/mol. The van der Waals surface area contributed by atoms with Crippen molar-refractivity contribution in [2.24, 2.45) is 0 Å². The van der Waals surface area contributed by atoms with Gasteiger partial charge in [-0.05, 0) is 30.7 Å². The first-order valence-corrected chi connectivity index (χ1v) is 7.73. The maximum atomic E-state index is 12.4. The molecule has 1 aromatic carbocycles. The summed E-state index contributed by atoms with van der Waals surface area (Å²) in [7, 11) is 0. The molecule has 0 aliphatic carbocycles. The van der Waals surface area contributed by atoms with E-state index in [1.165, 1.54) is 0 Å². The molecule has 2 heterocycles. The Morgan fingerprint density at radius 2 is 2.04 bits per heavy atom. The maximum Gasteiger partial charge on any atom is 0.255 e. The lowest BCUT2D eigenvalue weighted by Gasteiger charge is -2.23. The van der Waals surface area contributed by atoms with Gasteiger partial charge < -0.3 is 10.2 Å². The van der Waals surface area contributed by atoms with Crippen molar-refractivity contribution in [1.82, 2.24) is 15.2 Å². The molecule has 1 aromatic heterocycles. The Kier molecular flexibility index (Phi) is 4.37. The second-order valence-corrected chi connectivity index (χ2v) is 5.63. The van der Waals surface area contributed by atoms with Crippen molar-refractivity contribution < 1.29 is 9.59 Å². The lowest BCUT2D eigenvalue weighted by atomic mass is 10.1. The Labute approximate surface area is 135 Å². The number of carbonyl (C=O) groups excluding carboxylic acids is 2. The largest absolute Gasteiger partial charge is 0.354 e. The normalized spacial score (nSPS) is 14.5. The standard InChI is InChI=1S/C18H19N3O2/c1-13(17(22)20-11-9-15-7-4-5-10-19-15)21-12-14-6-2-3-8-16(14)18(21)23/h2-8,10,13H,9,11-12H2,1H3,(H,20,22)/t13-/m0/s1. The van der Waals surface area contributed by atoms with Gasteiger partial charge in [0, 0.05) is 37.0 Å². The molecule has 0 spiro atoms. The lowest BCUT2D eigenvalue weighted by Crippen LogP contribution is -2.45. The highest BCUT2D eigenvalue weighted by molar-refractivity contribution is 6.00. The van der Waals surface area contributed by atoms with Gasteiger partial charge in [-0.2, -0.15) is 0 Å². The summed E-state index contributed by atoms with van der Waals surface area (Å²) in [5.74, 6) is -0.213. The van der Waals surface area contributed by atoms with E-state index in [4.69, 9.17) is 0 Å². The molecule has 0 saturated heterocycles. The van der Waals surface area contributed by atoms with Crippen LogP contribution in [0.1, 0.15) is 28.5 Å². The van der Waals surface area contributed by atoms with Crippen LogP contribution >= 0.6 is 0 Å². The van der Waals surface area contributed by atoms with Crippen LogP contribution in [-0.4, -0.2) is 34.3 Å². The quantitative estimate of drug-likeness (QED) is 0.916. The Hall–Kier alpha value is -2.69. The van der Waals surface area contributed by atoms with E-state index >= 15 is 0 Å². The summed E-state index contributed by atoms with van der Waals surface area (Å²) in [6.07, 6.45) is 2.41. The van der Waals surface area contributed by atoms with Crippen molar-refractivity contribution in [2.45, 2.75) is 25.9 Å². The molecule has 118 valence electrons. The minimum absolute atomic E-state index is 0.0759. The van der Waals surface area contributed by atoms with Crippen LogP contribution in [0.15, 0.2) is 48.7 Å². The second-order valence-electron chi connectivity index (χ2n) is 5.63. The third kappa shape index (κ3) is 3.23. The lowest BCUT2D eigenvalue weighted by molar-refractivity contribution is -0.125. The molecule has 1 atom stereocenters. The smallest absolute Gasteiger partial charge is 0.255 e. The van der Waals surface area contributed by atoms with E-state index in [-0.39, 0.29) is 11.8 Å². The van der Waals surface area contributed by atoms with Gasteiger partial charge in [-0.15, -0.1) is 0 Å². The van der Waals surface area contributed by atoms with Gasteiger partial charge in [0.1, 0.15) is 6.04 Å². The average molecular weight is 309 g/mol. The third-order valence-electron chi connectivity index (χ3n) is 4.10. The Bertz CT molecular complexity index is 715. The highest BCUT2D eigenvalue weighted by Gasteiger charge is 2.33. The number of carbonyl (C=O) groups is 2. The molecule has 1 N–H and O–H groups in total. The van der Waals surface area contributed by atoms with Crippen LogP contribution in [0.25, 0.3) is 0 Å². The minimum Gasteiger partial charge on any atom is -0.354 e. The number of benzene rings is 1. The van der Waals surface area contributed by atoms with Crippen LogP contribution in [0.2, 0.25) is 0 Å². The van der Waals surface area contributed by atoms with Crippen molar-refractivity contribution in [3.8, 4) is 0 Å². The van der Waals surface area contributed by atoms with Crippen LogP contribution in [-0.2, 0) is 17.8 Å². The fourth-order valence-electron chi connectivity index (χ4n) is 2.74. The Morgan fingerprint density at radius 1 is 1.26 bits per heavy atom. The molecule has 0 bridgehead atoms. The molecule has 2 aromatic rings. The topological polar surface area (TPSA) is 62.3 Å². The van der Waals surface area contributed by atoms with Gasteiger partial charge >= 0.3 is 0 Å². The van der Waals surface area contributed by atoms with Crippen molar-refractivity contribution >= 4 is 11.8 Å². The molecule has 3 rings (SSSR count). The SMILES string of the molecule is C[C@@H](C(=O)NCCc1ccccn1)N1Cc2ccccc2C1=O. The van der Waals surface area contributed by atoms with Crippen LogP contribution in [0.3, 0.4) is 0 Å². The van der Waals surface area contributed by atoms with Crippen molar-refractivity contribution in [3.63, 3.8) is 0 Å². The highest BCUT2D eigenvalue weighted by atomic mass is 16.2. The molecule has 1 aliphatic rings. The van der Waals surface area contributed by atoms with Crippen LogP contribution < -0.4 is 5.32 Å². The first-order valence-electron chi connectivity index (χ1n) is 7.73. The number of nitrogens with zero attached hydrogens (tertiary/aromatic N) is 2. The third-order valence-corrected chi connectivity index (χ3v) is 4.10. The molecule has 0 saturated carbocycles. The fraction of sp³-hybridized carbons (Fsp3) is 0.278. The van der Waals surface area contributed by atoms with Gasteiger partial charge in [0.05, 0.1) is 0 Å². The summed E-state index contributed by atoms with van der Waals surface area (Å²) < 4.78 is 0. The second kappa shape index (κ2) is 6.60. The minimum atomic E-state index is -0.487. The fourth-order valence-corrected chi connectivity index (χ4v) is 2.74. The first kappa shape index (κ1) is 15.2. The average Bonchev–Trinajstić information content (AvgIpc) is 2.92. The van der Waals surface area contributed by atoms with E-state index in [0.717, 1.165) is 11.3 Å². The molecule has 0 unspecified atom stereocenters. The van der Waals surface area contributed by atoms with Gasteiger partial charge in [-0.1, -0.05) is 24.3 Å². The number of pyridine rings is 1. The molecule has 0 fully saturated rings. The number of amides is 2. The van der Waals surface area contributed by atoms with Gasteiger partial charge in [0.15, 0.2) is 0 Å². The Morgan fingerprint density at radius 3 is 2.78 bits per heavy atom. The zero-order valence-electron chi connectivity index (χ0n) is 13.0. The highest BCUT2D eigenvalue weighted by Crippen LogP contribution is 2.24. The van der Waals surface area contributed by atoms with Gasteiger partial charge in [0.25, 0.3) is 5.91 Å². The van der Waals surface area contributed by atoms with Crippen molar-refractivity contribution in [2.75, 3.05) is 6.54 Å². The number of hydrogen-bond donors (Lipinski definition) is 1. The molecule has 0 radical (unpaired) electrons. The number of hydrogen-bond acceptors (Lipinski definition) is 3. The zero-order valence-corrected chi connectivity index (χ0v) is 13.0. The van der Waals surface area contributed by atoms with E-state index < -0.39 is 6.04 Å². The van der Waals surface area contributed by atoms with E-state index in [9.17, 15) is 9.59 Å². The molecule has 23 heavy (non-hydrogen) atoms. The molecular formula is C18H19N3O2. The number of fused-ring (bicyclic) bond motifs is 1. The van der Waals surface area contributed by atoms with E-state index in [1.54, 1.807) is 18.0 Å². The summed E-state index contributed by atoms with van der Waals surface area (Å²) in [5, 5.41) is 2.88. The van der Waals surface area contributed by atoms with Gasteiger partial charge in [0.2, 0.25) is 5.91 Å². The zero-order chi connectivity index (χ0) is 16.2.